The molecule has 0 bridgehead atoms. The van der Waals surface area contributed by atoms with Crippen LogP contribution in [0.2, 0.25) is 0 Å². The molecule has 1 N–H and O–H groups in total. The van der Waals surface area contributed by atoms with Crippen LogP contribution in [-0.2, 0) is 0 Å². The van der Waals surface area contributed by atoms with Gasteiger partial charge in [-0.05, 0) is 85.7 Å². The number of rotatable bonds is 5. The van der Waals surface area contributed by atoms with Crippen molar-refractivity contribution in [3.8, 4) is 11.4 Å². The molecule has 0 radical (unpaired) electrons. The fourth-order valence-corrected chi connectivity index (χ4v) is 4.00. The fraction of sp³-hybridized carbons (Fsp3) is 0.217. The van der Waals surface area contributed by atoms with Crippen LogP contribution in [0.4, 0.5) is 0 Å². The molecule has 1 aromatic heterocycles. The Hall–Kier alpha value is -2.61. The van der Waals surface area contributed by atoms with Crippen molar-refractivity contribution in [1.29, 1.82) is 0 Å². The Morgan fingerprint density at radius 3 is 2.45 bits per heavy atom. The molecule has 29 heavy (non-hydrogen) atoms. The molecule has 0 unspecified atom stereocenters. The largest absolute Gasteiger partial charge is 0.496 e. The van der Waals surface area contributed by atoms with Gasteiger partial charge in [0.25, 0.3) is 5.91 Å². The number of aromatic nitrogens is 1. The van der Waals surface area contributed by atoms with Crippen LogP contribution in [-0.4, -0.2) is 23.8 Å². The van der Waals surface area contributed by atoms with Gasteiger partial charge in [-0.15, -0.1) is 0 Å². The Labute approximate surface area is 184 Å². The number of hydrazone groups is 1. The number of methoxy groups -OCH3 is 1. The maximum Gasteiger partial charge on any atom is 0.271 e. The summed E-state index contributed by atoms with van der Waals surface area (Å²) in [5.74, 6) is 0.388. The summed E-state index contributed by atoms with van der Waals surface area (Å²) in [4.78, 5) is 12.4. The van der Waals surface area contributed by atoms with Crippen LogP contribution in [0, 0.1) is 31.3 Å². The number of benzene rings is 2. The smallest absolute Gasteiger partial charge is 0.271 e. The van der Waals surface area contributed by atoms with Crippen molar-refractivity contribution >= 4 is 34.7 Å². The fourth-order valence-electron chi connectivity index (χ4n) is 3.45. The van der Waals surface area contributed by atoms with Crippen molar-refractivity contribution in [2.75, 3.05) is 7.11 Å². The standard InChI is InChI=1S/C23H24IN3O2/c1-14-7-6-8-15(2)22(14)27-16(3)11-19(17(27)4)13-25-26-23(28)18-9-10-20(24)21(12-18)29-5/h6-13H,1-5H3,(H,26,28)/b25-13-. The van der Waals surface area contributed by atoms with Crippen LogP contribution in [0.5, 0.6) is 5.75 Å². The first-order valence-corrected chi connectivity index (χ1v) is 10.3. The highest BCUT2D eigenvalue weighted by molar-refractivity contribution is 14.1. The lowest BCUT2D eigenvalue weighted by Crippen LogP contribution is -2.17. The van der Waals surface area contributed by atoms with Gasteiger partial charge in [-0.2, -0.15) is 5.10 Å². The summed E-state index contributed by atoms with van der Waals surface area (Å²) >= 11 is 2.17. The van der Waals surface area contributed by atoms with Gasteiger partial charge in [-0.25, -0.2) is 5.43 Å². The minimum absolute atomic E-state index is 0.278. The van der Waals surface area contributed by atoms with E-state index in [1.165, 1.54) is 16.8 Å². The van der Waals surface area contributed by atoms with Gasteiger partial charge in [0.15, 0.2) is 0 Å². The van der Waals surface area contributed by atoms with E-state index in [9.17, 15) is 4.79 Å². The van der Waals surface area contributed by atoms with E-state index in [2.05, 4.69) is 89.6 Å². The van der Waals surface area contributed by atoms with Crippen LogP contribution in [0.3, 0.4) is 0 Å². The van der Waals surface area contributed by atoms with E-state index in [-0.39, 0.29) is 5.91 Å². The highest BCUT2D eigenvalue weighted by atomic mass is 127. The summed E-state index contributed by atoms with van der Waals surface area (Å²) in [6.45, 7) is 8.37. The third kappa shape index (κ3) is 4.37. The Balaban J connectivity index is 1.83. The number of nitrogens with zero attached hydrogens (tertiary/aromatic N) is 2. The SMILES string of the molecule is COc1cc(C(=O)N/N=C\c2cc(C)n(-c3c(C)cccc3C)c2C)ccc1I. The molecule has 0 aliphatic heterocycles. The monoisotopic (exact) mass is 501 g/mol. The Morgan fingerprint density at radius 2 is 1.79 bits per heavy atom. The van der Waals surface area contributed by atoms with Crippen molar-refractivity contribution in [2.24, 2.45) is 5.10 Å². The Morgan fingerprint density at radius 1 is 1.10 bits per heavy atom. The van der Waals surface area contributed by atoms with E-state index < -0.39 is 0 Å². The summed E-state index contributed by atoms with van der Waals surface area (Å²) in [5.41, 5.74) is 9.89. The van der Waals surface area contributed by atoms with Crippen molar-refractivity contribution < 1.29 is 9.53 Å². The molecular weight excluding hydrogens is 477 g/mol. The number of para-hydroxylation sites is 1. The molecule has 150 valence electrons. The van der Waals surface area contributed by atoms with Gasteiger partial charge < -0.3 is 9.30 Å². The van der Waals surface area contributed by atoms with E-state index in [1.54, 1.807) is 25.5 Å². The zero-order valence-electron chi connectivity index (χ0n) is 17.2. The minimum Gasteiger partial charge on any atom is -0.496 e. The van der Waals surface area contributed by atoms with Crippen LogP contribution >= 0.6 is 22.6 Å². The number of aryl methyl sites for hydroxylation is 3. The summed E-state index contributed by atoms with van der Waals surface area (Å²) in [5, 5.41) is 4.17. The molecule has 2 aromatic carbocycles. The normalized spacial score (nSPS) is 11.1. The second-order valence-electron chi connectivity index (χ2n) is 6.95. The molecule has 0 saturated carbocycles. The second-order valence-corrected chi connectivity index (χ2v) is 8.11. The van der Waals surface area contributed by atoms with E-state index in [0.29, 0.717) is 11.3 Å². The number of hydrogen-bond acceptors (Lipinski definition) is 3. The van der Waals surface area contributed by atoms with E-state index in [1.807, 2.05) is 6.07 Å². The molecule has 5 nitrogen and oxygen atoms in total. The van der Waals surface area contributed by atoms with Crippen LogP contribution in [0.1, 0.15) is 38.4 Å². The van der Waals surface area contributed by atoms with Gasteiger partial charge in [0.05, 0.1) is 22.6 Å². The van der Waals surface area contributed by atoms with Gasteiger partial charge in [0, 0.05) is 22.5 Å². The van der Waals surface area contributed by atoms with Crippen molar-refractivity contribution in [3.05, 3.63) is 79.7 Å². The summed E-state index contributed by atoms with van der Waals surface area (Å²) < 4.78 is 8.46. The average Bonchev–Trinajstić information content (AvgIpc) is 2.96. The maximum atomic E-state index is 12.4. The van der Waals surface area contributed by atoms with E-state index in [4.69, 9.17) is 4.74 Å². The quantitative estimate of drug-likeness (QED) is 0.301. The number of ether oxygens (including phenoxy) is 1. The van der Waals surface area contributed by atoms with Crippen molar-refractivity contribution in [1.82, 2.24) is 9.99 Å². The first-order chi connectivity index (χ1) is 13.8. The molecule has 0 aliphatic rings. The molecule has 1 heterocycles. The molecule has 0 spiro atoms. The van der Waals surface area contributed by atoms with Gasteiger partial charge in [-0.3, -0.25) is 4.79 Å². The lowest BCUT2D eigenvalue weighted by Gasteiger charge is -2.15. The average molecular weight is 501 g/mol. The molecular formula is C23H24IN3O2. The van der Waals surface area contributed by atoms with E-state index in [0.717, 1.165) is 20.5 Å². The minimum atomic E-state index is -0.278. The zero-order valence-corrected chi connectivity index (χ0v) is 19.4. The molecule has 0 atom stereocenters. The van der Waals surface area contributed by atoms with Crippen molar-refractivity contribution in [2.45, 2.75) is 27.7 Å². The van der Waals surface area contributed by atoms with Crippen LogP contribution < -0.4 is 10.2 Å². The molecule has 3 aromatic rings. The Kier molecular flexibility index (Phi) is 6.42. The van der Waals surface area contributed by atoms with Gasteiger partial charge in [0.2, 0.25) is 0 Å². The summed E-state index contributed by atoms with van der Waals surface area (Å²) in [6, 6.07) is 13.7. The van der Waals surface area contributed by atoms with Gasteiger partial charge in [0.1, 0.15) is 5.75 Å². The number of hydrogen-bond donors (Lipinski definition) is 1. The molecule has 6 heteroatoms. The molecule has 1 amide bonds. The van der Waals surface area contributed by atoms with E-state index >= 15 is 0 Å². The topological polar surface area (TPSA) is 55.6 Å². The maximum absolute atomic E-state index is 12.4. The number of amides is 1. The predicted molar refractivity (Wildman–Crippen MR) is 125 cm³/mol. The molecule has 3 rings (SSSR count). The van der Waals surface area contributed by atoms with Crippen LogP contribution in [0.15, 0.2) is 47.6 Å². The van der Waals surface area contributed by atoms with Gasteiger partial charge >= 0.3 is 0 Å². The highest BCUT2D eigenvalue weighted by Gasteiger charge is 2.13. The third-order valence-electron chi connectivity index (χ3n) is 4.92. The van der Waals surface area contributed by atoms with Crippen molar-refractivity contribution in [3.63, 3.8) is 0 Å². The molecule has 0 fully saturated rings. The number of nitrogens with one attached hydrogen (secondary N) is 1. The third-order valence-corrected chi connectivity index (χ3v) is 5.81. The lowest BCUT2D eigenvalue weighted by molar-refractivity contribution is 0.0954. The highest BCUT2D eigenvalue weighted by Crippen LogP contribution is 2.25. The number of carbonyl (C=O) groups excluding carboxylic acids is 1. The predicted octanol–water partition coefficient (Wildman–Crippen LogP) is 5.09. The summed E-state index contributed by atoms with van der Waals surface area (Å²) in [6.07, 6.45) is 1.69. The van der Waals surface area contributed by atoms with Gasteiger partial charge in [-0.1, -0.05) is 18.2 Å². The number of halogens is 1. The Bertz CT molecular complexity index is 1080. The summed E-state index contributed by atoms with van der Waals surface area (Å²) in [7, 11) is 1.59. The first-order valence-electron chi connectivity index (χ1n) is 9.26. The first kappa shape index (κ1) is 21.1. The molecule has 0 aliphatic carbocycles. The lowest BCUT2D eigenvalue weighted by atomic mass is 10.1. The molecule has 0 saturated heterocycles. The second kappa shape index (κ2) is 8.82. The van der Waals surface area contributed by atoms with Crippen LogP contribution in [0.25, 0.3) is 5.69 Å². The number of carbonyl (C=O) groups is 1. The zero-order chi connectivity index (χ0) is 21.1.